The SMILES string of the molecule is Cc1c(C(=O)N2CC[C@@](O)(C3CCOCC3)C(C)C2)n(C)c2c(C)cccc12. The molecule has 3 heterocycles. The number of nitrogens with zero attached hydrogens (tertiary/aromatic N) is 2. The van der Waals surface area contributed by atoms with Gasteiger partial charge >= 0.3 is 0 Å². The third-order valence-electron chi connectivity index (χ3n) is 7.22. The van der Waals surface area contributed by atoms with Crippen molar-refractivity contribution in [2.75, 3.05) is 26.3 Å². The summed E-state index contributed by atoms with van der Waals surface area (Å²) in [5.41, 5.74) is 3.44. The third kappa shape index (κ3) is 2.96. The molecule has 1 aromatic heterocycles. The lowest BCUT2D eigenvalue weighted by atomic mass is 9.70. The van der Waals surface area contributed by atoms with Crippen LogP contribution in [-0.4, -0.2) is 52.4 Å². The van der Waals surface area contributed by atoms with Crippen molar-refractivity contribution in [3.05, 3.63) is 35.0 Å². The van der Waals surface area contributed by atoms with Gasteiger partial charge in [0.15, 0.2) is 0 Å². The Kier molecular flexibility index (Phi) is 5.00. The van der Waals surface area contributed by atoms with Gasteiger partial charge in [-0.3, -0.25) is 4.79 Å². The number of para-hydroxylation sites is 1. The molecule has 1 amide bonds. The molecule has 2 aliphatic rings. The van der Waals surface area contributed by atoms with Crippen LogP contribution in [0.2, 0.25) is 0 Å². The fraction of sp³-hybridized carbons (Fsp3) is 0.609. The van der Waals surface area contributed by atoms with E-state index in [0.29, 0.717) is 19.5 Å². The molecule has 1 N–H and O–H groups in total. The van der Waals surface area contributed by atoms with E-state index in [2.05, 4.69) is 32.0 Å². The van der Waals surface area contributed by atoms with Crippen LogP contribution in [0.4, 0.5) is 0 Å². The molecule has 0 aliphatic carbocycles. The van der Waals surface area contributed by atoms with Crippen molar-refractivity contribution >= 4 is 16.8 Å². The van der Waals surface area contributed by atoms with Gasteiger partial charge in [-0.1, -0.05) is 25.1 Å². The van der Waals surface area contributed by atoms with Gasteiger partial charge in [-0.25, -0.2) is 0 Å². The minimum atomic E-state index is -0.689. The normalized spacial score (nSPS) is 26.8. The molecule has 5 nitrogen and oxygen atoms in total. The quantitative estimate of drug-likeness (QED) is 0.863. The summed E-state index contributed by atoms with van der Waals surface area (Å²) in [6, 6.07) is 6.24. The average molecular weight is 385 g/mol. The third-order valence-corrected chi connectivity index (χ3v) is 7.22. The number of amides is 1. The fourth-order valence-corrected chi connectivity index (χ4v) is 5.48. The first-order valence-electron chi connectivity index (χ1n) is 10.5. The summed E-state index contributed by atoms with van der Waals surface area (Å²) < 4.78 is 7.52. The summed E-state index contributed by atoms with van der Waals surface area (Å²) >= 11 is 0. The number of carbonyl (C=O) groups is 1. The monoisotopic (exact) mass is 384 g/mol. The Morgan fingerprint density at radius 3 is 2.61 bits per heavy atom. The van der Waals surface area contributed by atoms with Gasteiger partial charge < -0.3 is 19.3 Å². The van der Waals surface area contributed by atoms with Crippen molar-refractivity contribution in [2.24, 2.45) is 18.9 Å². The molecule has 0 bridgehead atoms. The highest BCUT2D eigenvalue weighted by Gasteiger charge is 2.46. The van der Waals surface area contributed by atoms with Gasteiger partial charge in [-0.05, 0) is 50.2 Å². The predicted molar refractivity (Wildman–Crippen MR) is 111 cm³/mol. The summed E-state index contributed by atoms with van der Waals surface area (Å²) in [5.74, 6) is 0.414. The smallest absolute Gasteiger partial charge is 0.270 e. The van der Waals surface area contributed by atoms with Crippen LogP contribution in [0, 0.1) is 25.7 Å². The second kappa shape index (κ2) is 7.20. The number of rotatable bonds is 2. The van der Waals surface area contributed by atoms with E-state index in [-0.39, 0.29) is 17.7 Å². The van der Waals surface area contributed by atoms with Crippen LogP contribution in [0.25, 0.3) is 10.9 Å². The van der Waals surface area contributed by atoms with E-state index in [1.165, 1.54) is 5.56 Å². The molecule has 1 unspecified atom stereocenters. The van der Waals surface area contributed by atoms with E-state index in [1.54, 1.807) is 0 Å². The maximum atomic E-state index is 13.5. The first kappa shape index (κ1) is 19.5. The molecule has 2 saturated heterocycles. The first-order chi connectivity index (χ1) is 13.3. The molecule has 5 heteroatoms. The highest BCUT2D eigenvalue weighted by atomic mass is 16.5. The van der Waals surface area contributed by atoms with Crippen LogP contribution < -0.4 is 0 Å². The van der Waals surface area contributed by atoms with E-state index in [4.69, 9.17) is 4.74 Å². The maximum Gasteiger partial charge on any atom is 0.270 e. The summed E-state index contributed by atoms with van der Waals surface area (Å²) in [4.78, 5) is 15.4. The lowest BCUT2D eigenvalue weighted by Crippen LogP contribution is -2.57. The molecule has 2 fully saturated rings. The molecular formula is C23H32N2O3. The lowest BCUT2D eigenvalue weighted by molar-refractivity contribution is -0.125. The number of aromatic nitrogens is 1. The molecule has 152 valence electrons. The number of fused-ring (bicyclic) bond motifs is 1. The van der Waals surface area contributed by atoms with Gasteiger partial charge in [0.1, 0.15) is 5.69 Å². The average Bonchev–Trinajstić information content (AvgIpc) is 2.95. The minimum Gasteiger partial charge on any atom is -0.389 e. The Balaban J connectivity index is 1.59. The van der Waals surface area contributed by atoms with Crippen LogP contribution in [0.5, 0.6) is 0 Å². The molecule has 2 atom stereocenters. The van der Waals surface area contributed by atoms with E-state index >= 15 is 0 Å². The van der Waals surface area contributed by atoms with E-state index in [1.807, 2.05) is 23.4 Å². The fourth-order valence-electron chi connectivity index (χ4n) is 5.48. The predicted octanol–water partition coefficient (Wildman–Crippen LogP) is 3.43. The molecule has 2 aromatic rings. The Labute approximate surface area is 167 Å². The molecule has 28 heavy (non-hydrogen) atoms. The Morgan fingerprint density at radius 2 is 1.96 bits per heavy atom. The van der Waals surface area contributed by atoms with Gasteiger partial charge in [0.2, 0.25) is 0 Å². The maximum absolute atomic E-state index is 13.5. The highest BCUT2D eigenvalue weighted by Crippen LogP contribution is 2.40. The number of hydrogen-bond donors (Lipinski definition) is 1. The molecular weight excluding hydrogens is 352 g/mol. The zero-order valence-electron chi connectivity index (χ0n) is 17.5. The van der Waals surface area contributed by atoms with Gasteiger partial charge in [0, 0.05) is 44.7 Å². The van der Waals surface area contributed by atoms with E-state index in [0.717, 1.165) is 48.2 Å². The van der Waals surface area contributed by atoms with Crippen molar-refractivity contribution in [3.63, 3.8) is 0 Å². The van der Waals surface area contributed by atoms with Crippen LogP contribution in [0.1, 0.15) is 47.8 Å². The Hall–Kier alpha value is -1.85. The zero-order valence-corrected chi connectivity index (χ0v) is 17.5. The highest BCUT2D eigenvalue weighted by molar-refractivity contribution is 6.02. The van der Waals surface area contributed by atoms with Crippen LogP contribution in [0.3, 0.4) is 0 Å². The molecule has 1 aromatic carbocycles. The van der Waals surface area contributed by atoms with Gasteiger partial charge in [-0.15, -0.1) is 0 Å². The lowest BCUT2D eigenvalue weighted by Gasteiger charge is -2.48. The summed E-state index contributed by atoms with van der Waals surface area (Å²) in [5, 5.41) is 12.5. The molecule has 0 radical (unpaired) electrons. The summed E-state index contributed by atoms with van der Waals surface area (Å²) in [7, 11) is 1.99. The van der Waals surface area contributed by atoms with E-state index < -0.39 is 5.60 Å². The largest absolute Gasteiger partial charge is 0.389 e. The number of ether oxygens (including phenoxy) is 1. The van der Waals surface area contributed by atoms with Crippen LogP contribution >= 0.6 is 0 Å². The summed E-state index contributed by atoms with van der Waals surface area (Å²) in [6.07, 6.45) is 2.47. The second-order valence-electron chi connectivity index (χ2n) is 8.78. The summed E-state index contributed by atoms with van der Waals surface area (Å²) in [6.45, 7) is 8.90. The van der Waals surface area contributed by atoms with Gasteiger partial charge in [0.05, 0.1) is 11.1 Å². The van der Waals surface area contributed by atoms with Gasteiger partial charge in [-0.2, -0.15) is 0 Å². The van der Waals surface area contributed by atoms with Crippen molar-refractivity contribution in [1.29, 1.82) is 0 Å². The molecule has 0 saturated carbocycles. The second-order valence-corrected chi connectivity index (χ2v) is 8.78. The number of benzene rings is 1. The molecule has 2 aliphatic heterocycles. The van der Waals surface area contributed by atoms with Crippen molar-refractivity contribution in [3.8, 4) is 0 Å². The minimum absolute atomic E-state index is 0.0602. The number of carbonyl (C=O) groups excluding carboxylic acids is 1. The Bertz CT molecular complexity index is 897. The Morgan fingerprint density at radius 1 is 1.25 bits per heavy atom. The standard InChI is InChI=1S/C23H32N2O3/c1-15-6-5-7-19-17(3)21(24(4)20(15)19)22(26)25-11-10-23(27,16(2)14-25)18-8-12-28-13-9-18/h5-7,16,18,27H,8-14H2,1-4H3/t16?,23-/m0/s1. The number of likely N-dealkylation sites (tertiary alicyclic amines) is 1. The van der Waals surface area contributed by atoms with E-state index in [9.17, 15) is 9.90 Å². The van der Waals surface area contributed by atoms with Crippen molar-refractivity contribution < 1.29 is 14.6 Å². The molecule has 0 spiro atoms. The van der Waals surface area contributed by atoms with Crippen molar-refractivity contribution in [2.45, 2.75) is 45.6 Å². The number of piperidine rings is 1. The van der Waals surface area contributed by atoms with Crippen LogP contribution in [-0.2, 0) is 11.8 Å². The zero-order chi connectivity index (χ0) is 20.1. The molecule has 4 rings (SSSR count). The number of aliphatic hydroxyl groups is 1. The number of hydrogen-bond acceptors (Lipinski definition) is 3. The van der Waals surface area contributed by atoms with Crippen molar-refractivity contribution in [1.82, 2.24) is 9.47 Å². The number of aryl methyl sites for hydroxylation is 3. The van der Waals surface area contributed by atoms with Gasteiger partial charge in [0.25, 0.3) is 5.91 Å². The van der Waals surface area contributed by atoms with Crippen LogP contribution in [0.15, 0.2) is 18.2 Å². The first-order valence-corrected chi connectivity index (χ1v) is 10.5. The topological polar surface area (TPSA) is 54.7 Å².